The zero-order valence-electron chi connectivity index (χ0n) is 15.0. The van der Waals surface area contributed by atoms with Gasteiger partial charge in [0.15, 0.2) is 5.13 Å². The first kappa shape index (κ1) is 19.3. The Morgan fingerprint density at radius 1 is 1.18 bits per heavy atom. The normalized spacial score (nSPS) is 10.3. The molecule has 0 atom stereocenters. The zero-order valence-corrected chi connectivity index (χ0v) is 15.8. The number of carbonyl (C=O) groups excluding carboxylic acids is 2. The van der Waals surface area contributed by atoms with Crippen molar-refractivity contribution in [2.75, 3.05) is 12.4 Å². The van der Waals surface area contributed by atoms with Crippen LogP contribution in [0.5, 0.6) is 5.75 Å². The molecule has 0 saturated heterocycles. The van der Waals surface area contributed by atoms with Crippen LogP contribution in [0.4, 0.5) is 5.13 Å². The number of carbonyl (C=O) groups is 2. The first-order valence-electron chi connectivity index (χ1n) is 8.37. The van der Waals surface area contributed by atoms with E-state index in [0.717, 1.165) is 11.3 Å². The van der Waals surface area contributed by atoms with E-state index in [1.54, 1.807) is 12.5 Å². The van der Waals surface area contributed by atoms with E-state index in [4.69, 9.17) is 4.74 Å². The smallest absolute Gasteiger partial charge is 0.258 e. The van der Waals surface area contributed by atoms with E-state index in [9.17, 15) is 14.4 Å². The van der Waals surface area contributed by atoms with Gasteiger partial charge in [-0.25, -0.2) is 4.98 Å². The van der Waals surface area contributed by atoms with Gasteiger partial charge in [0.2, 0.25) is 11.5 Å². The van der Waals surface area contributed by atoms with Crippen molar-refractivity contribution in [1.29, 1.82) is 0 Å². The average Bonchev–Trinajstić information content (AvgIpc) is 3.13. The lowest BCUT2D eigenvalue weighted by Crippen LogP contribution is -2.24. The van der Waals surface area contributed by atoms with Crippen molar-refractivity contribution in [3.05, 3.63) is 75.1 Å². The van der Waals surface area contributed by atoms with Gasteiger partial charge in [-0.2, -0.15) is 0 Å². The molecule has 0 spiro atoms. The second kappa shape index (κ2) is 8.96. The number of nitrogens with zero attached hydrogens (tertiary/aromatic N) is 1. The van der Waals surface area contributed by atoms with Crippen LogP contribution in [0.3, 0.4) is 0 Å². The third kappa shape index (κ3) is 5.27. The molecule has 3 N–H and O–H groups in total. The van der Waals surface area contributed by atoms with E-state index in [2.05, 4.69) is 20.6 Å². The van der Waals surface area contributed by atoms with Gasteiger partial charge in [-0.1, -0.05) is 12.1 Å². The van der Waals surface area contributed by atoms with Crippen LogP contribution in [0.2, 0.25) is 0 Å². The Morgan fingerprint density at radius 3 is 2.64 bits per heavy atom. The van der Waals surface area contributed by atoms with Gasteiger partial charge in [-0.3, -0.25) is 19.7 Å². The lowest BCUT2D eigenvalue weighted by atomic mass is 10.2. The summed E-state index contributed by atoms with van der Waals surface area (Å²) in [5, 5.41) is 7.57. The molecule has 0 unspecified atom stereocenters. The van der Waals surface area contributed by atoms with Gasteiger partial charge in [-0.05, 0) is 23.8 Å². The number of ether oxygens (including phenoxy) is 1. The Labute approximate surface area is 164 Å². The largest absolute Gasteiger partial charge is 0.497 e. The van der Waals surface area contributed by atoms with Crippen molar-refractivity contribution in [2.45, 2.75) is 13.0 Å². The van der Waals surface area contributed by atoms with Gasteiger partial charge in [0, 0.05) is 24.2 Å². The van der Waals surface area contributed by atoms with Crippen LogP contribution in [0.25, 0.3) is 0 Å². The molecule has 8 nitrogen and oxygen atoms in total. The summed E-state index contributed by atoms with van der Waals surface area (Å²) in [5.41, 5.74) is 1.55. The molecule has 1 aromatic carbocycles. The Morgan fingerprint density at radius 2 is 1.96 bits per heavy atom. The van der Waals surface area contributed by atoms with Crippen molar-refractivity contribution >= 4 is 28.3 Å². The minimum absolute atomic E-state index is 0.112. The maximum absolute atomic E-state index is 12.1. The molecule has 0 fully saturated rings. The summed E-state index contributed by atoms with van der Waals surface area (Å²) in [7, 11) is 1.60. The van der Waals surface area contributed by atoms with Gasteiger partial charge in [0.25, 0.3) is 5.91 Å². The van der Waals surface area contributed by atoms with Gasteiger partial charge < -0.3 is 15.0 Å². The van der Waals surface area contributed by atoms with Crippen molar-refractivity contribution in [1.82, 2.24) is 15.3 Å². The molecule has 2 heterocycles. The predicted octanol–water partition coefficient (Wildman–Crippen LogP) is 1.95. The van der Waals surface area contributed by atoms with Crippen LogP contribution in [-0.2, 0) is 17.8 Å². The number of H-pyrrole nitrogens is 1. The van der Waals surface area contributed by atoms with E-state index in [1.807, 2.05) is 24.3 Å². The van der Waals surface area contributed by atoms with E-state index in [0.29, 0.717) is 22.9 Å². The molecule has 0 saturated carbocycles. The van der Waals surface area contributed by atoms with Crippen molar-refractivity contribution < 1.29 is 14.3 Å². The summed E-state index contributed by atoms with van der Waals surface area (Å²) in [5.74, 6) is 0.203. The number of thiazole rings is 1. The summed E-state index contributed by atoms with van der Waals surface area (Å²) >= 11 is 1.23. The highest BCUT2D eigenvalue weighted by Crippen LogP contribution is 2.17. The van der Waals surface area contributed by atoms with Crippen LogP contribution >= 0.6 is 11.3 Å². The SMILES string of the molecule is COc1ccc(CNC(=O)Cc2csc(NC(=O)c3ccc(=O)[nH]c3)n2)cc1. The zero-order chi connectivity index (χ0) is 19.9. The molecule has 3 rings (SSSR count). The number of aromatic nitrogens is 2. The molecular weight excluding hydrogens is 380 g/mol. The maximum Gasteiger partial charge on any atom is 0.258 e. The molecule has 0 aliphatic carbocycles. The minimum Gasteiger partial charge on any atom is -0.497 e. The number of methoxy groups -OCH3 is 1. The van der Waals surface area contributed by atoms with Crippen LogP contribution in [0, 0.1) is 0 Å². The van der Waals surface area contributed by atoms with Gasteiger partial charge in [0.1, 0.15) is 5.75 Å². The maximum atomic E-state index is 12.1. The fourth-order valence-electron chi connectivity index (χ4n) is 2.34. The quantitative estimate of drug-likeness (QED) is 0.563. The summed E-state index contributed by atoms with van der Waals surface area (Å²) in [6.07, 6.45) is 1.44. The summed E-state index contributed by atoms with van der Waals surface area (Å²) in [6, 6.07) is 10.1. The second-order valence-corrected chi connectivity index (χ2v) is 6.70. The third-order valence-electron chi connectivity index (χ3n) is 3.81. The van der Waals surface area contributed by atoms with E-state index >= 15 is 0 Å². The molecule has 144 valence electrons. The van der Waals surface area contributed by atoms with E-state index < -0.39 is 0 Å². The Bertz CT molecular complexity index is 1010. The average molecular weight is 398 g/mol. The highest BCUT2D eigenvalue weighted by atomic mass is 32.1. The van der Waals surface area contributed by atoms with Crippen molar-refractivity contribution in [3.8, 4) is 5.75 Å². The van der Waals surface area contributed by atoms with Crippen LogP contribution in [-0.4, -0.2) is 28.9 Å². The highest BCUT2D eigenvalue weighted by Gasteiger charge is 2.11. The van der Waals surface area contributed by atoms with E-state index in [-0.39, 0.29) is 23.8 Å². The lowest BCUT2D eigenvalue weighted by Gasteiger charge is -2.05. The molecule has 3 aromatic rings. The number of hydrogen-bond acceptors (Lipinski definition) is 6. The number of benzene rings is 1. The van der Waals surface area contributed by atoms with Crippen LogP contribution in [0.1, 0.15) is 21.6 Å². The molecule has 28 heavy (non-hydrogen) atoms. The van der Waals surface area contributed by atoms with Crippen molar-refractivity contribution in [2.24, 2.45) is 0 Å². The van der Waals surface area contributed by atoms with Crippen molar-refractivity contribution in [3.63, 3.8) is 0 Å². The molecule has 0 bridgehead atoms. The molecule has 9 heteroatoms. The number of hydrogen-bond donors (Lipinski definition) is 3. The van der Waals surface area contributed by atoms with Gasteiger partial charge in [-0.15, -0.1) is 11.3 Å². The summed E-state index contributed by atoms with van der Waals surface area (Å²) in [4.78, 5) is 41.9. The predicted molar refractivity (Wildman–Crippen MR) is 106 cm³/mol. The number of aromatic amines is 1. The molecular formula is C19H18N4O4S. The number of amides is 2. The molecule has 2 amide bonds. The van der Waals surface area contributed by atoms with Crippen LogP contribution < -0.4 is 20.9 Å². The Balaban J connectivity index is 1.50. The molecule has 0 aliphatic rings. The first-order valence-corrected chi connectivity index (χ1v) is 9.25. The highest BCUT2D eigenvalue weighted by molar-refractivity contribution is 7.14. The van der Waals surface area contributed by atoms with Gasteiger partial charge >= 0.3 is 0 Å². The number of pyridine rings is 1. The second-order valence-electron chi connectivity index (χ2n) is 5.84. The number of anilines is 1. The Hall–Kier alpha value is -3.46. The fourth-order valence-corrected chi connectivity index (χ4v) is 3.04. The summed E-state index contributed by atoms with van der Waals surface area (Å²) < 4.78 is 5.10. The van der Waals surface area contributed by atoms with Gasteiger partial charge in [0.05, 0.1) is 24.8 Å². The minimum atomic E-state index is -0.388. The van der Waals surface area contributed by atoms with Crippen LogP contribution in [0.15, 0.2) is 52.8 Å². The molecule has 0 radical (unpaired) electrons. The topological polar surface area (TPSA) is 113 Å². The lowest BCUT2D eigenvalue weighted by molar-refractivity contribution is -0.120. The standard InChI is InChI=1S/C19H18N4O4S/c1-27-15-5-2-12(3-6-15)9-20-17(25)8-14-11-28-19(22-14)23-18(26)13-4-7-16(24)21-10-13/h2-7,10-11H,8-9H2,1H3,(H,20,25)(H,21,24)(H,22,23,26). The molecule has 0 aliphatic heterocycles. The fraction of sp³-hybridized carbons (Fsp3) is 0.158. The van der Waals surface area contributed by atoms with E-state index in [1.165, 1.54) is 29.7 Å². The summed E-state index contributed by atoms with van der Waals surface area (Å²) in [6.45, 7) is 0.406. The third-order valence-corrected chi connectivity index (χ3v) is 4.62. The first-order chi connectivity index (χ1) is 13.5. The monoisotopic (exact) mass is 398 g/mol. The number of rotatable bonds is 7. The number of nitrogens with one attached hydrogen (secondary N) is 3. The molecule has 2 aromatic heterocycles. The Kier molecular flexibility index (Phi) is 6.18.